The lowest BCUT2D eigenvalue weighted by Gasteiger charge is -2.24. The fourth-order valence-corrected chi connectivity index (χ4v) is 3.79. The number of ketones is 1. The average Bonchev–Trinajstić information content (AvgIpc) is 3.45. The van der Waals surface area contributed by atoms with E-state index in [4.69, 9.17) is 7.85 Å². The zero-order valence-corrected chi connectivity index (χ0v) is 16.3. The predicted molar refractivity (Wildman–Crippen MR) is 115 cm³/mol. The molecule has 1 heterocycles. The van der Waals surface area contributed by atoms with Gasteiger partial charge in [0, 0.05) is 30.4 Å². The minimum absolute atomic E-state index is 0.0347. The number of carbonyl (C=O) groups excluding carboxylic acids is 1. The summed E-state index contributed by atoms with van der Waals surface area (Å²) in [7, 11) is 6.10. The fraction of sp³-hybridized carbons (Fsp3) is 0.391. The van der Waals surface area contributed by atoms with Gasteiger partial charge in [0.1, 0.15) is 25.7 Å². The van der Waals surface area contributed by atoms with Gasteiger partial charge in [-0.05, 0) is 61.0 Å². The molecular formula is C23H25BN2O3. The van der Waals surface area contributed by atoms with Gasteiger partial charge < -0.3 is 15.5 Å². The topological polar surface area (TPSA) is 81.9 Å². The van der Waals surface area contributed by atoms with Gasteiger partial charge in [0.15, 0.2) is 5.78 Å². The van der Waals surface area contributed by atoms with Crippen LogP contribution in [0.5, 0.6) is 5.75 Å². The molecule has 6 heteroatoms. The summed E-state index contributed by atoms with van der Waals surface area (Å²) < 4.78 is 0. The number of rotatable bonds is 9. The van der Waals surface area contributed by atoms with E-state index in [0.717, 1.165) is 35.2 Å². The van der Waals surface area contributed by atoms with E-state index >= 15 is 0 Å². The first-order chi connectivity index (χ1) is 14.0. The summed E-state index contributed by atoms with van der Waals surface area (Å²) in [5, 5.41) is 23.7. The standard InChI is InChI=1S/C23H25BN2O3/c24-18-13-26-23-17(18)11-15(16-4-1-2-5-20(16)27)12-19(23)25-9-3-6-21(28)22(29)10-14-7-8-14/h1-2,4-5,11-14,21,23,25,27-28H,3,6-10H2. The molecular weight excluding hydrogens is 363 g/mol. The van der Waals surface area contributed by atoms with Crippen LogP contribution in [0.3, 0.4) is 0 Å². The molecule has 1 aromatic carbocycles. The number of para-hydroxylation sites is 1. The Bertz CT molecular complexity index is 928. The number of phenols is 1. The summed E-state index contributed by atoms with van der Waals surface area (Å²) in [6.45, 7) is 0.618. The van der Waals surface area contributed by atoms with Gasteiger partial charge in [0.05, 0.1) is 0 Å². The van der Waals surface area contributed by atoms with Crippen LogP contribution in [0.25, 0.3) is 5.57 Å². The van der Waals surface area contributed by atoms with Gasteiger partial charge in [-0.3, -0.25) is 9.79 Å². The molecule has 2 radical (unpaired) electrons. The largest absolute Gasteiger partial charge is 0.507 e. The van der Waals surface area contributed by atoms with Crippen molar-refractivity contribution < 1.29 is 15.0 Å². The molecule has 3 N–H and O–H groups in total. The van der Waals surface area contributed by atoms with Crippen LogP contribution in [-0.4, -0.2) is 48.7 Å². The number of Topliss-reactive ketones (excluding diaryl/α,β-unsaturated/α-hetero) is 1. The quantitative estimate of drug-likeness (QED) is 0.449. The van der Waals surface area contributed by atoms with Crippen molar-refractivity contribution >= 4 is 25.4 Å². The Morgan fingerprint density at radius 1 is 1.28 bits per heavy atom. The third kappa shape index (κ3) is 4.53. The molecule has 0 saturated heterocycles. The summed E-state index contributed by atoms with van der Waals surface area (Å²) in [4.78, 5) is 16.4. The summed E-state index contributed by atoms with van der Waals surface area (Å²) in [5.41, 5.74) is 4.03. The van der Waals surface area contributed by atoms with Crippen molar-refractivity contribution in [1.29, 1.82) is 0 Å². The maximum Gasteiger partial charge on any atom is 0.161 e. The van der Waals surface area contributed by atoms with E-state index < -0.39 is 6.10 Å². The number of hydrogen-bond donors (Lipinski definition) is 3. The molecule has 2 atom stereocenters. The molecule has 2 aliphatic carbocycles. The number of benzene rings is 1. The molecule has 0 aromatic heterocycles. The van der Waals surface area contributed by atoms with Crippen molar-refractivity contribution in [2.45, 2.75) is 44.2 Å². The fourth-order valence-electron chi connectivity index (χ4n) is 3.79. The maximum absolute atomic E-state index is 12.0. The maximum atomic E-state index is 12.0. The highest BCUT2D eigenvalue weighted by Crippen LogP contribution is 2.36. The highest BCUT2D eigenvalue weighted by Gasteiger charge is 2.28. The summed E-state index contributed by atoms with van der Waals surface area (Å²) >= 11 is 0. The van der Waals surface area contributed by atoms with Crippen molar-refractivity contribution in [2.75, 3.05) is 6.54 Å². The number of nitrogens with one attached hydrogen (secondary N) is 1. The Labute approximate surface area is 172 Å². The minimum atomic E-state index is -0.870. The molecule has 4 rings (SSSR count). The average molecular weight is 388 g/mol. The van der Waals surface area contributed by atoms with Crippen molar-refractivity contribution in [1.82, 2.24) is 5.32 Å². The molecule has 5 nitrogen and oxygen atoms in total. The summed E-state index contributed by atoms with van der Waals surface area (Å²) in [6, 6.07) is 7.02. The van der Waals surface area contributed by atoms with Crippen LogP contribution in [0.2, 0.25) is 0 Å². The van der Waals surface area contributed by atoms with Gasteiger partial charge in [-0.2, -0.15) is 0 Å². The van der Waals surface area contributed by atoms with Gasteiger partial charge in [-0.25, -0.2) is 0 Å². The van der Waals surface area contributed by atoms with Gasteiger partial charge in [0.2, 0.25) is 0 Å². The van der Waals surface area contributed by atoms with Gasteiger partial charge in [-0.15, -0.1) is 0 Å². The molecule has 1 aliphatic heterocycles. The molecule has 29 heavy (non-hydrogen) atoms. The number of aliphatic imine (C=N–C) groups is 1. The van der Waals surface area contributed by atoms with Gasteiger partial charge >= 0.3 is 0 Å². The zero-order valence-electron chi connectivity index (χ0n) is 16.3. The molecule has 148 valence electrons. The molecule has 1 saturated carbocycles. The van der Waals surface area contributed by atoms with E-state index in [1.165, 1.54) is 0 Å². The number of aromatic hydroxyl groups is 1. The number of allylic oxidation sites excluding steroid dienone is 3. The molecule has 3 aliphatic rings. The lowest BCUT2D eigenvalue weighted by Crippen LogP contribution is -2.28. The Hall–Kier alpha value is -2.60. The Balaban J connectivity index is 1.40. The second-order valence-electron chi connectivity index (χ2n) is 8.01. The van der Waals surface area contributed by atoms with Crippen molar-refractivity contribution in [3.63, 3.8) is 0 Å². The van der Waals surface area contributed by atoms with E-state index in [2.05, 4.69) is 10.3 Å². The number of hydrogen-bond acceptors (Lipinski definition) is 5. The molecule has 1 fully saturated rings. The number of aliphatic hydroxyl groups is 1. The van der Waals surface area contributed by atoms with Crippen molar-refractivity contribution in [3.05, 3.63) is 58.7 Å². The first-order valence-corrected chi connectivity index (χ1v) is 10.2. The second kappa shape index (κ2) is 8.41. The Morgan fingerprint density at radius 2 is 2.07 bits per heavy atom. The summed E-state index contributed by atoms with van der Waals surface area (Å²) in [6.07, 6.45) is 8.61. The SMILES string of the molecule is [B]C1=C2C=C(c3ccccc3O)C=C(NCCCC(O)C(=O)CC3CC3)C2N=C1. The van der Waals surface area contributed by atoms with E-state index in [0.29, 0.717) is 37.2 Å². The smallest absolute Gasteiger partial charge is 0.161 e. The van der Waals surface area contributed by atoms with E-state index in [1.54, 1.807) is 18.3 Å². The van der Waals surface area contributed by atoms with Crippen LogP contribution in [0.4, 0.5) is 0 Å². The number of nitrogens with zero attached hydrogens (tertiary/aromatic N) is 1. The van der Waals surface area contributed by atoms with Gasteiger partial charge in [-0.1, -0.05) is 23.7 Å². The number of fused-ring (bicyclic) bond motifs is 1. The first kappa shape index (κ1) is 19.7. The van der Waals surface area contributed by atoms with Crippen molar-refractivity contribution in [2.24, 2.45) is 10.9 Å². The van der Waals surface area contributed by atoms with Crippen molar-refractivity contribution in [3.8, 4) is 5.75 Å². The van der Waals surface area contributed by atoms with Crippen LogP contribution in [0.1, 0.15) is 37.7 Å². The third-order valence-corrected chi connectivity index (χ3v) is 5.66. The monoisotopic (exact) mass is 388 g/mol. The Kier molecular flexibility index (Phi) is 5.72. The number of phenolic OH excluding ortho intramolecular Hbond substituents is 1. The zero-order chi connectivity index (χ0) is 20.4. The van der Waals surface area contributed by atoms with E-state index in [1.807, 2.05) is 24.3 Å². The minimum Gasteiger partial charge on any atom is -0.507 e. The highest BCUT2D eigenvalue weighted by molar-refractivity contribution is 6.34. The molecule has 0 spiro atoms. The van der Waals surface area contributed by atoms with Crippen LogP contribution < -0.4 is 5.32 Å². The summed E-state index contributed by atoms with van der Waals surface area (Å²) in [5.74, 6) is 0.675. The van der Waals surface area contributed by atoms with Crippen LogP contribution in [0.15, 0.2) is 58.2 Å². The van der Waals surface area contributed by atoms with Crippen LogP contribution in [-0.2, 0) is 4.79 Å². The van der Waals surface area contributed by atoms with Crippen LogP contribution in [0, 0.1) is 5.92 Å². The molecule has 0 amide bonds. The molecule has 2 unspecified atom stereocenters. The normalized spacial score (nSPS) is 21.5. The second-order valence-corrected chi connectivity index (χ2v) is 8.01. The van der Waals surface area contributed by atoms with E-state index in [-0.39, 0.29) is 17.6 Å². The van der Waals surface area contributed by atoms with Gasteiger partial charge in [0.25, 0.3) is 0 Å². The Morgan fingerprint density at radius 3 is 2.83 bits per heavy atom. The lowest BCUT2D eigenvalue weighted by atomic mass is 9.84. The van der Waals surface area contributed by atoms with Crippen LogP contribution >= 0.6 is 0 Å². The first-order valence-electron chi connectivity index (χ1n) is 10.2. The number of carbonyl (C=O) groups is 1. The van der Waals surface area contributed by atoms with E-state index in [9.17, 15) is 15.0 Å². The molecule has 1 aromatic rings. The lowest BCUT2D eigenvalue weighted by molar-refractivity contribution is -0.127. The predicted octanol–water partition coefficient (Wildman–Crippen LogP) is 2.65. The molecule has 0 bridgehead atoms. The number of aliphatic hydroxyl groups excluding tert-OH is 1. The third-order valence-electron chi connectivity index (χ3n) is 5.66. The highest BCUT2D eigenvalue weighted by atomic mass is 16.3.